The number of H-pyrrole nitrogens is 1. The topological polar surface area (TPSA) is 71.9 Å². The van der Waals surface area contributed by atoms with Crippen LogP contribution in [0.25, 0.3) is 11.0 Å². The van der Waals surface area contributed by atoms with E-state index in [1.165, 1.54) is 0 Å². The van der Waals surface area contributed by atoms with E-state index in [0.29, 0.717) is 0 Å². The third kappa shape index (κ3) is 5.53. The van der Waals surface area contributed by atoms with Crippen molar-refractivity contribution in [2.75, 3.05) is 20.1 Å². The van der Waals surface area contributed by atoms with Gasteiger partial charge in [0.1, 0.15) is 11.9 Å². The fourth-order valence-corrected chi connectivity index (χ4v) is 4.32. The second-order valence-corrected chi connectivity index (χ2v) is 8.81. The number of nitrogens with one attached hydrogen (secondary N) is 1. The number of hydrogen-bond acceptors (Lipinski definition) is 5. The lowest BCUT2D eigenvalue weighted by atomic mass is 10.0. The number of likely N-dealkylation sites (tertiary alicyclic amines) is 1. The first-order valence-electron chi connectivity index (χ1n) is 12.0. The number of imidazole rings is 1. The van der Waals surface area contributed by atoms with Gasteiger partial charge in [0.2, 0.25) is 0 Å². The summed E-state index contributed by atoms with van der Waals surface area (Å²) in [4.78, 5) is 12.4. The van der Waals surface area contributed by atoms with Gasteiger partial charge in [-0.2, -0.15) is 15.0 Å². The van der Waals surface area contributed by atoms with Crippen molar-refractivity contribution >= 4 is 11.0 Å². The number of para-hydroxylation sites is 2. The van der Waals surface area contributed by atoms with Gasteiger partial charge < -0.3 is 14.6 Å². The Kier molecular flexibility index (Phi) is 6.99. The molecule has 0 radical (unpaired) electrons. The number of aromatic nitrogens is 5. The summed E-state index contributed by atoms with van der Waals surface area (Å²) in [5, 5.41) is 8.26. The van der Waals surface area contributed by atoms with Crippen molar-refractivity contribution in [2.45, 2.75) is 44.4 Å². The smallest absolute Gasteiger partial charge is 0.141 e. The molecule has 0 amide bonds. The van der Waals surface area contributed by atoms with Gasteiger partial charge >= 0.3 is 0 Å². The average Bonchev–Trinajstić information content (AvgIpc) is 3.53. The van der Waals surface area contributed by atoms with Crippen LogP contribution in [-0.4, -0.2) is 56.1 Å². The minimum absolute atomic E-state index is 0.208. The van der Waals surface area contributed by atoms with Crippen LogP contribution < -0.4 is 0 Å². The Morgan fingerprint density at radius 2 is 1.91 bits per heavy atom. The first kappa shape index (κ1) is 22.3. The molecule has 5 rings (SSSR count). The zero-order valence-corrected chi connectivity index (χ0v) is 19.5. The molecule has 1 aliphatic rings. The average molecular weight is 455 g/mol. The summed E-state index contributed by atoms with van der Waals surface area (Å²) < 4.78 is 6.70. The van der Waals surface area contributed by atoms with Crippen molar-refractivity contribution in [1.29, 1.82) is 0 Å². The van der Waals surface area contributed by atoms with Gasteiger partial charge in [-0.3, -0.25) is 0 Å². The van der Waals surface area contributed by atoms with E-state index in [4.69, 9.17) is 9.72 Å². The number of ether oxygens (including phenoxy) is 1. The van der Waals surface area contributed by atoms with E-state index in [9.17, 15) is 0 Å². The molecule has 3 heterocycles. The van der Waals surface area contributed by atoms with Crippen molar-refractivity contribution in [2.24, 2.45) is 0 Å². The van der Waals surface area contributed by atoms with Crippen LogP contribution in [0, 0.1) is 11.8 Å². The maximum absolute atomic E-state index is 6.70. The highest BCUT2D eigenvalue weighted by Gasteiger charge is 2.26. The fourth-order valence-electron chi connectivity index (χ4n) is 4.32. The number of nitrogens with zero attached hydrogens (tertiary/aromatic N) is 5. The molecule has 4 aromatic rings. The Morgan fingerprint density at radius 1 is 1.09 bits per heavy atom. The Balaban J connectivity index is 1.34. The molecule has 1 unspecified atom stereocenters. The number of unbranched alkanes of at least 4 members (excludes halogenated alkanes) is 1. The van der Waals surface area contributed by atoms with Gasteiger partial charge in [0, 0.05) is 25.1 Å². The zero-order chi connectivity index (χ0) is 23.2. The SMILES string of the molecule is CN1CCC(OC(c2cccc(C#CCCCn3nccn3)c2)c2nc3ccccc3[nH]2)CC1. The number of fused-ring (bicyclic) bond motifs is 1. The largest absolute Gasteiger partial charge is 0.362 e. The van der Waals surface area contributed by atoms with Crippen molar-refractivity contribution in [3.8, 4) is 11.8 Å². The summed E-state index contributed by atoms with van der Waals surface area (Å²) in [6, 6.07) is 16.5. The number of rotatable bonds is 7. The van der Waals surface area contributed by atoms with E-state index >= 15 is 0 Å². The van der Waals surface area contributed by atoms with Gasteiger partial charge in [-0.1, -0.05) is 36.1 Å². The lowest BCUT2D eigenvalue weighted by Crippen LogP contribution is -2.35. The van der Waals surface area contributed by atoms with Gasteiger partial charge in [-0.05, 0) is 56.1 Å². The van der Waals surface area contributed by atoms with E-state index in [0.717, 1.165) is 73.3 Å². The molecule has 0 spiro atoms. The molecule has 1 atom stereocenters. The van der Waals surface area contributed by atoms with Crippen LogP contribution in [0.5, 0.6) is 0 Å². The molecule has 2 aromatic carbocycles. The van der Waals surface area contributed by atoms with E-state index in [2.05, 4.69) is 69.3 Å². The molecule has 34 heavy (non-hydrogen) atoms. The van der Waals surface area contributed by atoms with E-state index < -0.39 is 0 Å². The molecule has 1 saturated heterocycles. The van der Waals surface area contributed by atoms with E-state index in [1.54, 1.807) is 17.2 Å². The monoisotopic (exact) mass is 454 g/mol. The van der Waals surface area contributed by atoms with Crippen LogP contribution in [0.1, 0.15) is 48.7 Å². The summed E-state index contributed by atoms with van der Waals surface area (Å²) in [6.45, 7) is 2.88. The molecular formula is C27H30N6O. The lowest BCUT2D eigenvalue weighted by molar-refractivity contribution is -0.0264. The maximum atomic E-state index is 6.70. The first-order valence-corrected chi connectivity index (χ1v) is 12.0. The molecule has 0 saturated carbocycles. The number of benzene rings is 2. The van der Waals surface area contributed by atoms with E-state index in [-0.39, 0.29) is 12.2 Å². The van der Waals surface area contributed by atoms with Crippen LogP contribution >= 0.6 is 0 Å². The van der Waals surface area contributed by atoms with Gasteiger partial charge in [0.15, 0.2) is 0 Å². The van der Waals surface area contributed by atoms with Gasteiger partial charge in [0.05, 0.1) is 36.1 Å². The van der Waals surface area contributed by atoms with Gasteiger partial charge in [-0.25, -0.2) is 4.98 Å². The molecule has 1 fully saturated rings. The zero-order valence-electron chi connectivity index (χ0n) is 19.5. The van der Waals surface area contributed by atoms with Crippen LogP contribution in [-0.2, 0) is 11.3 Å². The predicted molar refractivity (Wildman–Crippen MR) is 132 cm³/mol. The van der Waals surface area contributed by atoms with Crippen molar-refractivity contribution in [3.05, 3.63) is 77.9 Å². The molecule has 1 aliphatic heterocycles. The normalized spacial score (nSPS) is 15.8. The van der Waals surface area contributed by atoms with E-state index in [1.807, 2.05) is 18.2 Å². The summed E-state index contributed by atoms with van der Waals surface area (Å²) >= 11 is 0. The Morgan fingerprint density at radius 3 is 2.74 bits per heavy atom. The molecule has 174 valence electrons. The molecule has 2 aromatic heterocycles. The summed E-state index contributed by atoms with van der Waals surface area (Å²) in [6.07, 6.45) is 7.11. The Labute approximate surface area is 200 Å². The first-order chi connectivity index (χ1) is 16.7. The quantitative estimate of drug-likeness (QED) is 0.335. The van der Waals surface area contributed by atoms with Crippen LogP contribution in [0.3, 0.4) is 0 Å². The summed E-state index contributed by atoms with van der Waals surface area (Å²) in [7, 11) is 2.17. The standard InChI is InChI=1S/C27H30N6O/c1-32-18-13-23(14-19-32)34-26(27-30-24-11-4-5-12-25(24)31-27)22-10-7-9-21(20-22)8-3-2-6-17-33-28-15-16-29-33/h4-5,7,9-12,15-16,20,23,26H,2,6,13-14,17-19H2,1H3,(H,30,31). The number of aromatic amines is 1. The highest BCUT2D eigenvalue weighted by molar-refractivity contribution is 5.74. The highest BCUT2D eigenvalue weighted by atomic mass is 16.5. The van der Waals surface area contributed by atoms with Crippen LogP contribution in [0.2, 0.25) is 0 Å². The van der Waals surface area contributed by atoms with Crippen molar-refractivity contribution in [3.63, 3.8) is 0 Å². The Hall–Kier alpha value is -3.47. The van der Waals surface area contributed by atoms with Crippen LogP contribution in [0.4, 0.5) is 0 Å². The van der Waals surface area contributed by atoms with Gasteiger partial charge in [0.25, 0.3) is 0 Å². The van der Waals surface area contributed by atoms with Crippen molar-refractivity contribution < 1.29 is 4.74 Å². The summed E-state index contributed by atoms with van der Waals surface area (Å²) in [5.41, 5.74) is 4.04. The second kappa shape index (κ2) is 10.6. The maximum Gasteiger partial charge on any atom is 0.141 e. The predicted octanol–water partition coefficient (Wildman–Crippen LogP) is 4.19. The highest BCUT2D eigenvalue weighted by Crippen LogP contribution is 2.30. The van der Waals surface area contributed by atoms with Gasteiger partial charge in [-0.15, -0.1) is 0 Å². The minimum atomic E-state index is -0.256. The molecule has 1 N–H and O–H groups in total. The Bertz CT molecular complexity index is 1230. The number of hydrogen-bond donors (Lipinski definition) is 1. The molecule has 7 heteroatoms. The fraction of sp³-hybridized carbons (Fsp3) is 0.370. The molecule has 0 bridgehead atoms. The minimum Gasteiger partial charge on any atom is -0.362 e. The van der Waals surface area contributed by atoms with Crippen LogP contribution in [0.15, 0.2) is 60.9 Å². The molecule has 0 aliphatic carbocycles. The third-order valence-corrected chi connectivity index (χ3v) is 6.20. The van der Waals surface area contributed by atoms with Crippen molar-refractivity contribution in [1.82, 2.24) is 29.9 Å². The number of aryl methyl sites for hydroxylation is 1. The second-order valence-electron chi connectivity index (χ2n) is 8.81. The third-order valence-electron chi connectivity index (χ3n) is 6.20. The number of piperidine rings is 1. The molecule has 7 nitrogen and oxygen atoms in total. The lowest BCUT2D eigenvalue weighted by Gasteiger charge is -2.31. The molecular weight excluding hydrogens is 424 g/mol. The summed E-state index contributed by atoms with van der Waals surface area (Å²) in [5.74, 6) is 7.45.